The van der Waals surface area contributed by atoms with E-state index in [4.69, 9.17) is 4.42 Å². The third-order valence-corrected chi connectivity index (χ3v) is 3.43. The number of hydrogen-bond donors (Lipinski definition) is 2. The fourth-order valence-electron chi connectivity index (χ4n) is 2.46. The molecule has 1 aromatic heterocycles. The van der Waals surface area contributed by atoms with Crippen LogP contribution in [-0.4, -0.2) is 40.2 Å². The molecule has 0 radical (unpaired) electrons. The van der Waals surface area contributed by atoms with Gasteiger partial charge in [-0.25, -0.2) is 9.78 Å². The number of nitrogens with one attached hydrogen (secondary N) is 1. The van der Waals surface area contributed by atoms with Crippen LogP contribution in [0.4, 0.5) is 10.5 Å². The Bertz CT molecular complexity index is 638. The number of β-amino-alcohol motifs (C(OH)–C–C–N with tert-alkyl or cyclic N) is 1. The SMILES string of the molecule is Cc1nc2cc(NC(=O)N3CCCC(O)C3)ccc2o1. The van der Waals surface area contributed by atoms with Crippen molar-refractivity contribution >= 4 is 22.8 Å². The average Bonchev–Trinajstić information content (AvgIpc) is 2.78. The fraction of sp³-hybridized carbons (Fsp3) is 0.429. The number of amides is 2. The van der Waals surface area contributed by atoms with Crippen LogP contribution in [-0.2, 0) is 0 Å². The van der Waals surface area contributed by atoms with Crippen LogP contribution in [0.2, 0.25) is 0 Å². The molecule has 3 rings (SSSR count). The van der Waals surface area contributed by atoms with E-state index in [1.807, 2.05) is 0 Å². The first-order chi connectivity index (χ1) is 9.61. The number of carbonyl (C=O) groups is 1. The molecular formula is C14H17N3O3. The van der Waals surface area contributed by atoms with E-state index in [1.165, 1.54) is 0 Å². The second-order valence-electron chi connectivity index (χ2n) is 5.09. The van der Waals surface area contributed by atoms with Crippen molar-refractivity contribution < 1.29 is 14.3 Å². The highest BCUT2D eigenvalue weighted by Crippen LogP contribution is 2.20. The zero-order valence-corrected chi connectivity index (χ0v) is 11.3. The van der Waals surface area contributed by atoms with Crippen molar-refractivity contribution in [3.05, 3.63) is 24.1 Å². The Kier molecular flexibility index (Phi) is 3.31. The number of piperidine rings is 1. The first-order valence-electron chi connectivity index (χ1n) is 6.73. The van der Waals surface area contributed by atoms with Gasteiger partial charge in [0, 0.05) is 25.7 Å². The number of aryl methyl sites for hydroxylation is 1. The van der Waals surface area contributed by atoms with Gasteiger partial charge in [0.2, 0.25) is 0 Å². The van der Waals surface area contributed by atoms with Crippen molar-refractivity contribution in [1.29, 1.82) is 0 Å². The van der Waals surface area contributed by atoms with Crippen LogP contribution in [0, 0.1) is 6.92 Å². The maximum Gasteiger partial charge on any atom is 0.321 e. The highest BCUT2D eigenvalue weighted by Gasteiger charge is 2.22. The summed E-state index contributed by atoms with van der Waals surface area (Å²) in [6, 6.07) is 5.16. The zero-order valence-electron chi connectivity index (χ0n) is 11.3. The number of hydrogen-bond acceptors (Lipinski definition) is 4. The van der Waals surface area contributed by atoms with Crippen molar-refractivity contribution in [2.75, 3.05) is 18.4 Å². The van der Waals surface area contributed by atoms with Gasteiger partial charge in [-0.2, -0.15) is 0 Å². The molecule has 20 heavy (non-hydrogen) atoms. The minimum Gasteiger partial charge on any atom is -0.441 e. The van der Waals surface area contributed by atoms with Gasteiger partial charge in [0.15, 0.2) is 11.5 Å². The topological polar surface area (TPSA) is 78.6 Å². The number of aliphatic hydroxyl groups is 1. The lowest BCUT2D eigenvalue weighted by atomic mass is 10.1. The minimum atomic E-state index is -0.421. The number of anilines is 1. The number of urea groups is 1. The third kappa shape index (κ3) is 2.60. The molecule has 0 aliphatic carbocycles. The number of benzene rings is 1. The summed E-state index contributed by atoms with van der Waals surface area (Å²) in [5.41, 5.74) is 2.10. The number of oxazole rings is 1. The smallest absolute Gasteiger partial charge is 0.321 e. The van der Waals surface area contributed by atoms with Crippen LogP contribution in [0.3, 0.4) is 0 Å². The molecule has 2 aromatic rings. The van der Waals surface area contributed by atoms with Crippen LogP contribution < -0.4 is 5.32 Å². The van der Waals surface area contributed by atoms with E-state index in [9.17, 15) is 9.90 Å². The van der Waals surface area contributed by atoms with E-state index in [0.717, 1.165) is 18.4 Å². The van der Waals surface area contributed by atoms with Crippen molar-refractivity contribution in [3.8, 4) is 0 Å². The van der Waals surface area contributed by atoms with Gasteiger partial charge in [0.05, 0.1) is 6.10 Å². The second-order valence-corrected chi connectivity index (χ2v) is 5.09. The molecule has 0 saturated carbocycles. The summed E-state index contributed by atoms with van der Waals surface area (Å²) in [5, 5.41) is 12.4. The first-order valence-corrected chi connectivity index (χ1v) is 6.73. The number of rotatable bonds is 1. The standard InChI is InChI=1S/C14H17N3O3/c1-9-15-12-7-10(4-5-13(12)20-9)16-14(19)17-6-2-3-11(18)8-17/h4-5,7,11,18H,2-3,6,8H2,1H3,(H,16,19). The number of aliphatic hydroxyl groups excluding tert-OH is 1. The Balaban J connectivity index is 1.73. The molecule has 2 N–H and O–H groups in total. The maximum absolute atomic E-state index is 12.1. The summed E-state index contributed by atoms with van der Waals surface area (Å²) >= 11 is 0. The van der Waals surface area contributed by atoms with Gasteiger partial charge in [0.25, 0.3) is 0 Å². The van der Waals surface area contributed by atoms with E-state index in [0.29, 0.717) is 30.3 Å². The van der Waals surface area contributed by atoms with E-state index < -0.39 is 6.10 Å². The zero-order chi connectivity index (χ0) is 14.1. The van der Waals surface area contributed by atoms with Gasteiger partial charge >= 0.3 is 6.03 Å². The molecule has 6 heteroatoms. The number of carbonyl (C=O) groups excluding carboxylic acids is 1. The normalized spacial score (nSPS) is 19.3. The highest BCUT2D eigenvalue weighted by atomic mass is 16.3. The Hall–Kier alpha value is -2.08. The number of likely N-dealkylation sites (tertiary alicyclic amines) is 1. The van der Waals surface area contributed by atoms with Crippen LogP contribution in [0.5, 0.6) is 0 Å². The summed E-state index contributed by atoms with van der Waals surface area (Å²) in [6.07, 6.45) is 1.17. The lowest BCUT2D eigenvalue weighted by molar-refractivity contribution is 0.0883. The van der Waals surface area contributed by atoms with E-state index >= 15 is 0 Å². The molecule has 1 aliphatic rings. The van der Waals surface area contributed by atoms with Crippen LogP contribution >= 0.6 is 0 Å². The lowest BCUT2D eigenvalue weighted by Gasteiger charge is -2.30. The van der Waals surface area contributed by atoms with Crippen molar-refractivity contribution in [2.45, 2.75) is 25.9 Å². The molecular weight excluding hydrogens is 258 g/mol. The monoisotopic (exact) mass is 275 g/mol. The van der Waals surface area contributed by atoms with Crippen LogP contribution in [0.15, 0.2) is 22.6 Å². The maximum atomic E-state index is 12.1. The Labute approximate surface area is 116 Å². The van der Waals surface area contributed by atoms with Gasteiger partial charge in [-0.15, -0.1) is 0 Å². The molecule has 1 saturated heterocycles. The first kappa shape index (κ1) is 12.9. The van der Waals surface area contributed by atoms with Crippen LogP contribution in [0.25, 0.3) is 11.1 Å². The van der Waals surface area contributed by atoms with Gasteiger partial charge < -0.3 is 19.7 Å². The van der Waals surface area contributed by atoms with Gasteiger partial charge in [-0.05, 0) is 31.0 Å². The largest absolute Gasteiger partial charge is 0.441 e. The van der Waals surface area contributed by atoms with Gasteiger partial charge in [0.1, 0.15) is 5.52 Å². The summed E-state index contributed by atoms with van der Waals surface area (Å²) in [4.78, 5) is 18.0. The quantitative estimate of drug-likeness (QED) is 0.835. The molecule has 2 heterocycles. The summed E-state index contributed by atoms with van der Waals surface area (Å²) in [7, 11) is 0. The van der Waals surface area contributed by atoms with Gasteiger partial charge in [-0.1, -0.05) is 0 Å². The molecule has 0 spiro atoms. The Morgan fingerprint density at radius 3 is 3.20 bits per heavy atom. The Morgan fingerprint density at radius 1 is 1.55 bits per heavy atom. The molecule has 0 bridgehead atoms. The molecule has 2 amide bonds. The third-order valence-electron chi connectivity index (χ3n) is 3.43. The van der Waals surface area contributed by atoms with E-state index in [-0.39, 0.29) is 6.03 Å². The Morgan fingerprint density at radius 2 is 2.40 bits per heavy atom. The summed E-state index contributed by atoms with van der Waals surface area (Å²) in [5.74, 6) is 0.600. The number of fused-ring (bicyclic) bond motifs is 1. The predicted octanol–water partition coefficient (Wildman–Crippen LogP) is 2.12. The van der Waals surface area contributed by atoms with E-state index in [2.05, 4.69) is 10.3 Å². The lowest BCUT2D eigenvalue weighted by Crippen LogP contribution is -2.44. The predicted molar refractivity (Wildman–Crippen MR) is 74.6 cm³/mol. The molecule has 1 atom stereocenters. The molecule has 6 nitrogen and oxygen atoms in total. The minimum absolute atomic E-state index is 0.191. The van der Waals surface area contributed by atoms with Crippen molar-refractivity contribution in [1.82, 2.24) is 9.88 Å². The number of aromatic nitrogens is 1. The summed E-state index contributed by atoms with van der Waals surface area (Å²) in [6.45, 7) is 2.85. The van der Waals surface area contributed by atoms with Crippen molar-refractivity contribution in [2.24, 2.45) is 0 Å². The average molecular weight is 275 g/mol. The molecule has 106 valence electrons. The molecule has 1 aromatic carbocycles. The molecule has 1 unspecified atom stereocenters. The van der Waals surface area contributed by atoms with Crippen LogP contribution in [0.1, 0.15) is 18.7 Å². The second kappa shape index (κ2) is 5.13. The highest BCUT2D eigenvalue weighted by molar-refractivity contribution is 5.91. The summed E-state index contributed by atoms with van der Waals surface area (Å²) < 4.78 is 5.39. The number of nitrogens with zero attached hydrogens (tertiary/aromatic N) is 2. The van der Waals surface area contributed by atoms with Crippen molar-refractivity contribution in [3.63, 3.8) is 0 Å². The van der Waals surface area contributed by atoms with Gasteiger partial charge in [-0.3, -0.25) is 0 Å². The molecule has 1 aliphatic heterocycles. The van der Waals surface area contributed by atoms with E-state index in [1.54, 1.807) is 30.0 Å². The molecule has 1 fully saturated rings. The fourth-order valence-corrected chi connectivity index (χ4v) is 2.46.